The van der Waals surface area contributed by atoms with E-state index < -0.39 is 112 Å². The Morgan fingerprint density at radius 3 is 2.45 bits per heavy atom. The quantitative estimate of drug-likeness (QED) is 0.0621. The van der Waals surface area contributed by atoms with Crippen molar-refractivity contribution in [2.75, 3.05) is 32.0 Å². The van der Waals surface area contributed by atoms with Gasteiger partial charge in [0.15, 0.2) is 6.23 Å². The van der Waals surface area contributed by atoms with Gasteiger partial charge in [-0.25, -0.2) is 18.7 Å². The molecule has 22 nitrogen and oxygen atoms in total. The van der Waals surface area contributed by atoms with E-state index >= 15 is 0 Å². The van der Waals surface area contributed by atoms with Crippen molar-refractivity contribution in [3.05, 3.63) is 58.1 Å². The number of ketones is 1. The first kappa shape index (κ1) is 44.0. The van der Waals surface area contributed by atoms with Gasteiger partial charge >= 0.3 is 19.5 Å². The number of carbonyl (C=O) groups is 3. The van der Waals surface area contributed by atoms with Crippen LogP contribution >= 0.6 is 7.82 Å². The number of aliphatic carboxylic acids is 1. The van der Waals surface area contributed by atoms with E-state index in [2.05, 4.69) is 15.6 Å². The van der Waals surface area contributed by atoms with Crippen LogP contribution in [-0.4, -0.2) is 143 Å². The van der Waals surface area contributed by atoms with E-state index in [1.54, 1.807) is 24.3 Å². The summed E-state index contributed by atoms with van der Waals surface area (Å²) in [4.78, 5) is 64.0. The number of hydrogen-bond donors (Lipinski definition) is 11. The van der Waals surface area contributed by atoms with Crippen LogP contribution in [0.5, 0.6) is 0 Å². The lowest BCUT2D eigenvalue weighted by atomic mass is 9.80. The van der Waals surface area contributed by atoms with Gasteiger partial charge in [0.1, 0.15) is 42.1 Å². The Hall–Kier alpha value is -3.74. The summed E-state index contributed by atoms with van der Waals surface area (Å²) in [7, 11) is -5.59. The summed E-state index contributed by atoms with van der Waals surface area (Å²) in [5.74, 6) is -7.72. The number of nitrogens with two attached hydrogens (primary N) is 1. The number of carboxylic acid groups (broad SMARTS) is 1. The lowest BCUT2D eigenvalue weighted by Crippen LogP contribution is -2.62. The van der Waals surface area contributed by atoms with Crippen LogP contribution in [0.3, 0.4) is 0 Å². The van der Waals surface area contributed by atoms with E-state index in [4.69, 9.17) is 24.3 Å². The van der Waals surface area contributed by atoms with Crippen LogP contribution in [0.25, 0.3) is 0 Å². The number of nitrogens with one attached hydrogen (secondary N) is 2. The van der Waals surface area contributed by atoms with Crippen molar-refractivity contribution >= 4 is 31.3 Å². The number of rotatable bonds is 19. The minimum atomic E-state index is -5.59. The molecule has 306 valence electrons. The second kappa shape index (κ2) is 18.9. The van der Waals surface area contributed by atoms with Gasteiger partial charge in [0.05, 0.1) is 32.0 Å². The average Bonchev–Trinajstić information content (AvgIpc) is 3.42. The zero-order valence-electron chi connectivity index (χ0n) is 29.5. The van der Waals surface area contributed by atoms with E-state index in [1.807, 2.05) is 6.92 Å². The molecule has 0 bridgehead atoms. The topological polar surface area (TPSA) is 352 Å². The van der Waals surface area contributed by atoms with Crippen LogP contribution < -0.4 is 22.1 Å². The minimum absolute atomic E-state index is 0.143. The zero-order chi connectivity index (χ0) is 40.7. The number of aliphatic hydroxyl groups excluding tert-OH is 6. The number of phosphoric acid groups is 1. The number of carbonyl (C=O) groups excluding carboxylic acids is 2. The third-order valence-corrected chi connectivity index (χ3v) is 9.96. The van der Waals surface area contributed by atoms with Crippen molar-refractivity contribution < 1.29 is 78.1 Å². The molecule has 1 amide bonds. The van der Waals surface area contributed by atoms with E-state index in [0.29, 0.717) is 12.1 Å². The highest BCUT2D eigenvalue weighted by Crippen LogP contribution is 2.52. The van der Waals surface area contributed by atoms with Crippen molar-refractivity contribution in [3.8, 4) is 0 Å². The summed E-state index contributed by atoms with van der Waals surface area (Å²) in [6.07, 6.45) is -14.5. The second-order valence-corrected chi connectivity index (χ2v) is 14.4. The lowest BCUT2D eigenvalue weighted by molar-refractivity contribution is -0.298. The van der Waals surface area contributed by atoms with Crippen molar-refractivity contribution in [3.63, 3.8) is 0 Å². The highest BCUT2D eigenvalue weighted by molar-refractivity contribution is 7.47. The third-order valence-electron chi connectivity index (χ3n) is 8.96. The Balaban J connectivity index is 1.41. The monoisotopic (exact) mass is 803 g/mol. The van der Waals surface area contributed by atoms with Gasteiger partial charge in [0.2, 0.25) is 0 Å². The zero-order valence-corrected chi connectivity index (χ0v) is 30.4. The number of carboxylic acids is 1. The normalized spacial score (nSPS) is 28.9. The number of aromatic nitrogens is 2. The standard InChI is InChI=1S/C32H46N5O17P/c1-2-8-35-28(45)17-5-3-16(4-6-17)12-34-13-18(39)10-19-20(40)11-32(30(46)47,53-27(19)24(42)21(41)14-38)54-55(49,50)51-15-22-25(43)26(44)29(52-22)37-9-7-23(33)36-31(37)48/h3-7,9,19-22,24-27,29,34,38,40-44H,2,8,10-15H2,1H3,(H,35,45)(H,46,47)(H,49,50)(H2,33,36,48)/t19-,20-,21-,22-,24-,25+,26?,27?,29-,32-/m1/s1. The molecule has 0 saturated carbocycles. The molecule has 0 aliphatic carbocycles. The first-order chi connectivity index (χ1) is 25.9. The maximum absolute atomic E-state index is 13.1. The molecule has 4 rings (SSSR count). The van der Waals surface area contributed by atoms with Crippen LogP contribution in [-0.2, 0) is 39.2 Å². The molecule has 2 saturated heterocycles. The van der Waals surface area contributed by atoms with E-state index in [9.17, 15) is 64.4 Å². The van der Waals surface area contributed by atoms with E-state index in [1.165, 1.54) is 6.07 Å². The smallest absolute Gasteiger partial charge is 0.475 e. The summed E-state index contributed by atoms with van der Waals surface area (Å²) in [6, 6.07) is 7.79. The maximum atomic E-state index is 13.1. The molecule has 11 atom stereocenters. The molecule has 0 radical (unpaired) electrons. The molecule has 2 aromatic rings. The Kier molecular flexibility index (Phi) is 15.1. The molecule has 12 N–H and O–H groups in total. The van der Waals surface area contributed by atoms with Crippen LogP contribution in [0.1, 0.15) is 48.3 Å². The summed E-state index contributed by atoms with van der Waals surface area (Å²) in [6.45, 7) is 0.232. The molecule has 55 heavy (non-hydrogen) atoms. The summed E-state index contributed by atoms with van der Waals surface area (Å²) in [5.41, 5.74) is 5.67. The van der Waals surface area contributed by atoms with E-state index in [-0.39, 0.29) is 24.8 Å². The molecule has 2 aliphatic rings. The number of amides is 1. The Morgan fingerprint density at radius 2 is 1.84 bits per heavy atom. The Bertz CT molecular complexity index is 1750. The number of aliphatic hydroxyl groups is 6. The molecular weight excluding hydrogens is 757 g/mol. The molecule has 1 aromatic heterocycles. The molecular formula is C32H46N5O17P. The number of benzene rings is 1. The average molecular weight is 804 g/mol. The minimum Gasteiger partial charge on any atom is -0.477 e. The van der Waals surface area contributed by atoms with Crippen molar-refractivity contribution in [2.24, 2.45) is 5.92 Å². The molecule has 3 heterocycles. The fourth-order valence-corrected chi connectivity index (χ4v) is 6.99. The van der Waals surface area contributed by atoms with Crippen molar-refractivity contribution in [1.82, 2.24) is 20.2 Å². The molecule has 23 heteroatoms. The van der Waals surface area contributed by atoms with Crippen molar-refractivity contribution in [2.45, 2.75) is 87.5 Å². The number of ether oxygens (including phenoxy) is 2. The van der Waals surface area contributed by atoms with Gasteiger partial charge < -0.3 is 66.5 Å². The second-order valence-electron chi connectivity index (χ2n) is 13.1. The fourth-order valence-electron chi connectivity index (χ4n) is 6.03. The predicted octanol–water partition coefficient (Wildman–Crippen LogP) is -3.27. The number of phosphoric ester groups is 1. The van der Waals surface area contributed by atoms with Gasteiger partial charge in [0.25, 0.3) is 11.7 Å². The number of nitrogens with zero attached hydrogens (tertiary/aromatic N) is 2. The van der Waals surface area contributed by atoms with Gasteiger partial charge in [-0.2, -0.15) is 4.98 Å². The lowest BCUT2D eigenvalue weighted by Gasteiger charge is -2.46. The maximum Gasteiger partial charge on any atom is 0.475 e. The molecule has 2 fully saturated rings. The summed E-state index contributed by atoms with van der Waals surface area (Å²) >= 11 is 0. The van der Waals surface area contributed by atoms with Gasteiger partial charge in [-0.1, -0.05) is 19.1 Å². The number of nitrogen functional groups attached to an aromatic ring is 1. The number of hydrogen-bond acceptors (Lipinski definition) is 18. The van der Waals surface area contributed by atoms with Crippen LogP contribution in [0.15, 0.2) is 41.3 Å². The molecule has 2 aliphatic heterocycles. The summed E-state index contributed by atoms with van der Waals surface area (Å²) in [5, 5.41) is 78.3. The third kappa shape index (κ3) is 11.0. The Labute approximate surface area is 313 Å². The number of anilines is 1. The molecule has 3 unspecified atom stereocenters. The Morgan fingerprint density at radius 1 is 1.15 bits per heavy atom. The predicted molar refractivity (Wildman–Crippen MR) is 185 cm³/mol. The number of Topliss-reactive ketones (excluding diaryl/α,β-unsaturated/α-hetero) is 1. The molecule has 1 aromatic carbocycles. The van der Waals surface area contributed by atoms with Gasteiger partial charge in [-0.3, -0.25) is 18.7 Å². The van der Waals surface area contributed by atoms with Crippen molar-refractivity contribution in [1.29, 1.82) is 0 Å². The van der Waals surface area contributed by atoms with Crippen LogP contribution in [0.2, 0.25) is 0 Å². The van der Waals surface area contributed by atoms with Gasteiger partial charge in [0, 0.05) is 43.6 Å². The highest BCUT2D eigenvalue weighted by atomic mass is 31.2. The fraction of sp³-hybridized carbons (Fsp3) is 0.594. The first-order valence-corrected chi connectivity index (χ1v) is 18.6. The van der Waals surface area contributed by atoms with Gasteiger partial charge in [-0.05, 0) is 30.2 Å². The largest absolute Gasteiger partial charge is 0.477 e. The van der Waals surface area contributed by atoms with Crippen LogP contribution in [0.4, 0.5) is 5.82 Å². The van der Waals surface area contributed by atoms with Crippen LogP contribution in [0, 0.1) is 5.92 Å². The molecule has 0 spiro atoms. The SMILES string of the molecule is CCCNC(=O)c1ccc(CNCC(=O)C[C@H]2C([C@H](O)[C@H](O)CO)O[C@](OP(=O)(O)OC[C@H]3O[C@@H](n4ccc(N)nc4=O)C(O)[C@H]3O)(C(=O)O)C[C@H]2O)cc1. The van der Waals surface area contributed by atoms with E-state index in [0.717, 1.165) is 22.7 Å². The summed E-state index contributed by atoms with van der Waals surface area (Å²) < 4.78 is 34.6. The van der Waals surface area contributed by atoms with Gasteiger partial charge in [-0.15, -0.1) is 0 Å². The first-order valence-electron chi connectivity index (χ1n) is 17.1. The highest BCUT2D eigenvalue weighted by Gasteiger charge is 2.58.